The van der Waals surface area contributed by atoms with Crippen molar-refractivity contribution >= 4 is 49.7 Å². The molecule has 1 atom stereocenters. The molecule has 4 aromatic rings. The standard InChI is InChI=1S/C23H15F2N3O4S2/c1-9-21(33-10(2)26-9)19(30)17-18(11-3-5-12(29)6-4-11)28(22(32)20(17)31)23-27-15-7-13(24)14(25)8-16(15)34-23/h3-8,18,29,31H,1-2H3. The third-order valence-corrected chi connectivity index (χ3v) is 7.49. The van der Waals surface area contributed by atoms with Gasteiger partial charge >= 0.3 is 0 Å². The normalized spacial score (nSPS) is 16.2. The number of hydrogen-bond acceptors (Lipinski definition) is 8. The average molecular weight is 500 g/mol. The van der Waals surface area contributed by atoms with Gasteiger partial charge in [0.1, 0.15) is 5.75 Å². The van der Waals surface area contributed by atoms with Gasteiger partial charge in [0.2, 0.25) is 5.78 Å². The molecule has 0 saturated heterocycles. The number of carbonyl (C=O) groups excluding carboxylic acids is 2. The van der Waals surface area contributed by atoms with E-state index in [1.807, 2.05) is 0 Å². The first-order chi connectivity index (χ1) is 16.2. The molecule has 172 valence electrons. The van der Waals surface area contributed by atoms with Gasteiger partial charge in [-0.05, 0) is 37.6 Å². The smallest absolute Gasteiger partial charge is 0.296 e. The zero-order valence-electron chi connectivity index (χ0n) is 17.7. The van der Waals surface area contributed by atoms with Crippen LogP contribution in [0.1, 0.15) is 32.0 Å². The van der Waals surface area contributed by atoms with Crippen LogP contribution in [-0.2, 0) is 4.79 Å². The lowest BCUT2D eigenvalue weighted by Gasteiger charge is -2.24. The van der Waals surface area contributed by atoms with Crippen LogP contribution >= 0.6 is 22.7 Å². The quantitative estimate of drug-likeness (QED) is 0.377. The highest BCUT2D eigenvalue weighted by atomic mass is 32.1. The number of benzene rings is 2. The molecule has 3 heterocycles. The van der Waals surface area contributed by atoms with Gasteiger partial charge in [-0.25, -0.2) is 18.7 Å². The summed E-state index contributed by atoms with van der Waals surface area (Å²) in [5, 5.41) is 21.3. The molecule has 1 aliphatic rings. The minimum atomic E-state index is -1.09. The number of fused-ring (bicyclic) bond motifs is 1. The van der Waals surface area contributed by atoms with Crippen molar-refractivity contribution in [3.8, 4) is 5.75 Å². The predicted molar refractivity (Wildman–Crippen MR) is 123 cm³/mol. The Morgan fingerprint density at radius 1 is 1.03 bits per heavy atom. The largest absolute Gasteiger partial charge is 0.508 e. The van der Waals surface area contributed by atoms with Gasteiger partial charge in [0, 0.05) is 6.07 Å². The number of Topliss-reactive ketones (excluding diaryl/α,β-unsaturated/α-hetero) is 1. The summed E-state index contributed by atoms with van der Waals surface area (Å²) < 4.78 is 27.8. The molecule has 0 bridgehead atoms. The highest BCUT2D eigenvalue weighted by molar-refractivity contribution is 7.22. The zero-order chi connectivity index (χ0) is 24.3. The number of phenolic OH excluding ortho intramolecular Hbond substituents is 1. The van der Waals surface area contributed by atoms with Crippen molar-refractivity contribution < 1.29 is 28.6 Å². The Kier molecular flexibility index (Phi) is 5.18. The number of anilines is 1. The molecule has 0 radical (unpaired) electrons. The fourth-order valence-corrected chi connectivity index (χ4v) is 5.76. The number of thiazole rings is 2. The number of aliphatic hydroxyl groups is 1. The number of aromatic hydroxyl groups is 1. The number of aliphatic hydroxyl groups excluding tert-OH is 1. The number of ketones is 1. The van der Waals surface area contributed by atoms with Crippen molar-refractivity contribution in [3.63, 3.8) is 0 Å². The van der Waals surface area contributed by atoms with Crippen LogP contribution < -0.4 is 4.90 Å². The molecule has 1 aliphatic heterocycles. The van der Waals surface area contributed by atoms with Crippen LogP contribution in [0.5, 0.6) is 5.75 Å². The van der Waals surface area contributed by atoms with E-state index in [9.17, 15) is 28.6 Å². The van der Waals surface area contributed by atoms with Gasteiger partial charge in [-0.1, -0.05) is 23.5 Å². The van der Waals surface area contributed by atoms with Gasteiger partial charge in [-0.2, -0.15) is 0 Å². The van der Waals surface area contributed by atoms with Gasteiger partial charge < -0.3 is 10.2 Å². The third kappa shape index (κ3) is 3.44. The number of carbonyl (C=O) groups is 2. The lowest BCUT2D eigenvalue weighted by Crippen LogP contribution is -2.30. The van der Waals surface area contributed by atoms with Crippen molar-refractivity contribution in [1.29, 1.82) is 0 Å². The van der Waals surface area contributed by atoms with E-state index in [1.54, 1.807) is 13.8 Å². The summed E-state index contributed by atoms with van der Waals surface area (Å²) in [6.45, 7) is 3.40. The van der Waals surface area contributed by atoms with Crippen molar-refractivity contribution in [2.24, 2.45) is 0 Å². The van der Waals surface area contributed by atoms with Crippen LogP contribution in [0.3, 0.4) is 0 Å². The van der Waals surface area contributed by atoms with E-state index in [0.29, 0.717) is 21.0 Å². The average Bonchev–Trinajstić information content (AvgIpc) is 3.42. The molecule has 0 fully saturated rings. The van der Waals surface area contributed by atoms with Crippen LogP contribution in [0.2, 0.25) is 0 Å². The number of aryl methyl sites for hydroxylation is 2. The van der Waals surface area contributed by atoms with Crippen LogP contribution in [0.15, 0.2) is 47.7 Å². The van der Waals surface area contributed by atoms with Crippen molar-refractivity contribution in [2.75, 3.05) is 4.90 Å². The maximum atomic E-state index is 13.8. The number of hydrogen-bond donors (Lipinski definition) is 2. The van der Waals surface area contributed by atoms with Crippen LogP contribution in [0.25, 0.3) is 10.2 Å². The van der Waals surface area contributed by atoms with Gasteiger partial charge in [0.15, 0.2) is 22.5 Å². The van der Waals surface area contributed by atoms with E-state index in [-0.39, 0.29) is 26.8 Å². The number of aromatic nitrogens is 2. The van der Waals surface area contributed by atoms with Gasteiger partial charge in [0.05, 0.1) is 37.4 Å². The lowest BCUT2D eigenvalue weighted by molar-refractivity contribution is -0.117. The second-order valence-corrected chi connectivity index (χ2v) is 9.85. The molecular formula is C23H15F2N3O4S2. The molecule has 2 aromatic heterocycles. The summed E-state index contributed by atoms with van der Waals surface area (Å²) in [4.78, 5) is 36.7. The summed E-state index contributed by atoms with van der Waals surface area (Å²) in [7, 11) is 0. The molecule has 11 heteroatoms. The van der Waals surface area contributed by atoms with Crippen LogP contribution in [-0.4, -0.2) is 31.9 Å². The Balaban J connectivity index is 1.69. The second-order valence-electron chi connectivity index (χ2n) is 7.64. The summed E-state index contributed by atoms with van der Waals surface area (Å²) >= 11 is 2.06. The van der Waals surface area contributed by atoms with E-state index in [2.05, 4.69) is 9.97 Å². The third-order valence-electron chi connectivity index (χ3n) is 5.40. The number of phenols is 1. The number of amides is 1. The lowest BCUT2D eigenvalue weighted by atomic mass is 9.95. The van der Waals surface area contributed by atoms with Crippen LogP contribution in [0.4, 0.5) is 13.9 Å². The molecule has 2 N–H and O–H groups in total. The molecular weight excluding hydrogens is 484 g/mol. The van der Waals surface area contributed by atoms with Gasteiger partial charge in [-0.3, -0.25) is 14.5 Å². The zero-order valence-corrected chi connectivity index (χ0v) is 19.3. The summed E-state index contributed by atoms with van der Waals surface area (Å²) in [6.07, 6.45) is 0. The van der Waals surface area contributed by atoms with E-state index < -0.39 is 35.1 Å². The number of rotatable bonds is 4. The predicted octanol–water partition coefficient (Wildman–Crippen LogP) is 5.14. The first kappa shape index (κ1) is 22.1. The van der Waals surface area contributed by atoms with Gasteiger partial charge in [0.25, 0.3) is 5.91 Å². The highest BCUT2D eigenvalue weighted by Crippen LogP contribution is 2.45. The number of nitrogens with zero attached hydrogens (tertiary/aromatic N) is 3. The van der Waals surface area contributed by atoms with E-state index in [1.165, 1.54) is 24.3 Å². The topological polar surface area (TPSA) is 104 Å². The molecule has 0 spiro atoms. The van der Waals surface area contributed by atoms with Crippen LogP contribution in [0, 0.1) is 25.5 Å². The Labute approximate surface area is 199 Å². The molecule has 0 aliphatic carbocycles. The Morgan fingerprint density at radius 3 is 2.35 bits per heavy atom. The molecule has 1 unspecified atom stereocenters. The Morgan fingerprint density at radius 2 is 1.71 bits per heavy atom. The molecule has 1 amide bonds. The van der Waals surface area contributed by atoms with E-state index >= 15 is 0 Å². The fraction of sp³-hybridized carbons (Fsp3) is 0.130. The SMILES string of the molecule is Cc1nc(C)c(C(=O)C2=C(O)C(=O)N(c3nc4cc(F)c(F)cc4s3)C2c2ccc(O)cc2)s1. The van der Waals surface area contributed by atoms with Crippen molar-refractivity contribution in [3.05, 3.63) is 80.5 Å². The number of halogens is 2. The fourth-order valence-electron chi connectivity index (χ4n) is 3.89. The monoisotopic (exact) mass is 499 g/mol. The minimum absolute atomic E-state index is 0.0273. The van der Waals surface area contributed by atoms with Gasteiger partial charge in [-0.15, -0.1) is 11.3 Å². The molecule has 2 aromatic carbocycles. The highest BCUT2D eigenvalue weighted by Gasteiger charge is 2.46. The summed E-state index contributed by atoms with van der Waals surface area (Å²) in [6, 6.07) is 6.63. The minimum Gasteiger partial charge on any atom is -0.508 e. The summed E-state index contributed by atoms with van der Waals surface area (Å²) in [5.74, 6) is -4.35. The maximum absolute atomic E-state index is 13.8. The first-order valence-electron chi connectivity index (χ1n) is 9.95. The molecule has 7 nitrogen and oxygen atoms in total. The van der Waals surface area contributed by atoms with Crippen molar-refractivity contribution in [1.82, 2.24) is 9.97 Å². The van der Waals surface area contributed by atoms with E-state index in [4.69, 9.17) is 0 Å². The molecule has 0 saturated carbocycles. The Bertz CT molecular complexity index is 1490. The first-order valence-corrected chi connectivity index (χ1v) is 11.6. The second kappa shape index (κ2) is 7.96. The summed E-state index contributed by atoms with van der Waals surface area (Å²) in [5.41, 5.74) is 0.853. The maximum Gasteiger partial charge on any atom is 0.296 e. The van der Waals surface area contributed by atoms with E-state index in [0.717, 1.165) is 39.7 Å². The molecule has 34 heavy (non-hydrogen) atoms. The Hall–Kier alpha value is -3.70. The van der Waals surface area contributed by atoms with Crippen molar-refractivity contribution in [2.45, 2.75) is 19.9 Å². The molecule has 5 rings (SSSR count).